The van der Waals surface area contributed by atoms with Crippen LogP contribution < -0.4 is 0 Å². The zero-order valence-electron chi connectivity index (χ0n) is 8.76. The molecule has 0 spiro atoms. The van der Waals surface area contributed by atoms with E-state index in [1.54, 1.807) is 23.3 Å². The predicted molar refractivity (Wildman–Crippen MR) is 69.0 cm³/mol. The van der Waals surface area contributed by atoms with Crippen molar-refractivity contribution in [3.8, 4) is 0 Å². The highest BCUT2D eigenvalue weighted by atomic mass is 35.5. The Morgan fingerprint density at radius 1 is 1.44 bits per heavy atom. The fourth-order valence-corrected chi connectivity index (χ4v) is 3.57. The van der Waals surface area contributed by atoms with Crippen LogP contribution in [0.2, 0.25) is 0 Å². The molecule has 0 aliphatic carbocycles. The van der Waals surface area contributed by atoms with Crippen LogP contribution >= 0.6 is 34.9 Å². The summed E-state index contributed by atoms with van der Waals surface area (Å²) in [5, 5.41) is 2.08. The van der Waals surface area contributed by atoms with E-state index in [4.69, 9.17) is 11.6 Å². The highest BCUT2D eigenvalue weighted by Crippen LogP contribution is 2.27. The van der Waals surface area contributed by atoms with Crippen LogP contribution in [0.15, 0.2) is 21.7 Å². The maximum atomic E-state index is 11.4. The monoisotopic (exact) mass is 276 g/mol. The Kier molecular flexibility index (Phi) is 4.52. The molecule has 0 radical (unpaired) electrons. The quantitative estimate of drug-likeness (QED) is 0.624. The van der Waals surface area contributed by atoms with Crippen molar-refractivity contribution in [2.75, 3.05) is 32.1 Å². The summed E-state index contributed by atoms with van der Waals surface area (Å²) in [6.07, 6.45) is 0. The number of nitrogens with zero attached hydrogens (tertiary/aromatic N) is 2. The molecular formula is C10H13ClN2OS2. The van der Waals surface area contributed by atoms with Gasteiger partial charge < -0.3 is 4.90 Å². The van der Waals surface area contributed by atoms with E-state index in [2.05, 4.69) is 21.8 Å². The minimum absolute atomic E-state index is 0.0439. The number of amides is 1. The Morgan fingerprint density at radius 2 is 2.19 bits per heavy atom. The van der Waals surface area contributed by atoms with Crippen molar-refractivity contribution in [3.63, 3.8) is 0 Å². The molecule has 0 unspecified atom stereocenters. The molecule has 3 nitrogen and oxygen atoms in total. The first-order valence-corrected chi connectivity index (χ1v) is 7.28. The molecular weight excluding hydrogens is 264 g/mol. The van der Waals surface area contributed by atoms with Gasteiger partial charge in [-0.05, 0) is 23.4 Å². The van der Waals surface area contributed by atoms with Gasteiger partial charge in [-0.1, -0.05) is 6.07 Å². The van der Waals surface area contributed by atoms with Crippen molar-refractivity contribution in [1.29, 1.82) is 0 Å². The lowest BCUT2D eigenvalue weighted by molar-refractivity contribution is -0.129. The molecule has 6 heteroatoms. The Hall–Kier alpha value is -0.230. The van der Waals surface area contributed by atoms with Crippen LogP contribution in [0.5, 0.6) is 0 Å². The molecule has 1 aliphatic rings. The summed E-state index contributed by atoms with van der Waals surface area (Å²) in [5.41, 5.74) is 0. The minimum Gasteiger partial charge on any atom is -0.339 e. The largest absolute Gasteiger partial charge is 0.339 e. The average Bonchev–Trinajstić information content (AvgIpc) is 2.82. The second kappa shape index (κ2) is 5.91. The summed E-state index contributed by atoms with van der Waals surface area (Å²) in [6, 6.07) is 4.17. The first kappa shape index (κ1) is 12.2. The minimum atomic E-state index is 0.0439. The smallest absolute Gasteiger partial charge is 0.237 e. The maximum Gasteiger partial charge on any atom is 0.237 e. The second-order valence-corrected chi connectivity index (χ2v) is 6.08. The van der Waals surface area contributed by atoms with E-state index in [1.807, 2.05) is 4.90 Å². The molecule has 0 saturated carbocycles. The van der Waals surface area contributed by atoms with Crippen LogP contribution in [-0.2, 0) is 4.79 Å². The van der Waals surface area contributed by atoms with Crippen LogP contribution in [0, 0.1) is 0 Å². The van der Waals surface area contributed by atoms with Gasteiger partial charge in [0, 0.05) is 26.2 Å². The molecule has 0 N–H and O–H groups in total. The first-order valence-electron chi connectivity index (χ1n) is 5.10. The van der Waals surface area contributed by atoms with E-state index in [1.165, 1.54) is 4.21 Å². The van der Waals surface area contributed by atoms with Crippen molar-refractivity contribution in [1.82, 2.24) is 9.21 Å². The van der Waals surface area contributed by atoms with Crippen LogP contribution in [0.3, 0.4) is 0 Å². The van der Waals surface area contributed by atoms with Gasteiger partial charge >= 0.3 is 0 Å². The number of rotatable bonds is 3. The number of carbonyl (C=O) groups excluding carboxylic acids is 1. The van der Waals surface area contributed by atoms with E-state index in [0.717, 1.165) is 26.2 Å². The average molecular weight is 277 g/mol. The number of alkyl halides is 1. The number of hydrogen-bond acceptors (Lipinski definition) is 4. The third-order valence-electron chi connectivity index (χ3n) is 2.42. The molecule has 16 heavy (non-hydrogen) atoms. The summed E-state index contributed by atoms with van der Waals surface area (Å²) >= 11 is 9.05. The lowest BCUT2D eigenvalue weighted by atomic mass is 10.3. The summed E-state index contributed by atoms with van der Waals surface area (Å²) in [7, 11) is 0. The van der Waals surface area contributed by atoms with Gasteiger partial charge in [0.2, 0.25) is 5.91 Å². The molecule has 1 aromatic rings. The Morgan fingerprint density at radius 3 is 2.75 bits per heavy atom. The van der Waals surface area contributed by atoms with E-state index >= 15 is 0 Å². The summed E-state index contributed by atoms with van der Waals surface area (Å²) < 4.78 is 3.60. The molecule has 0 aromatic carbocycles. The van der Waals surface area contributed by atoms with Gasteiger partial charge in [0.05, 0.1) is 4.21 Å². The standard InChI is InChI=1S/C10H13ClN2OS2/c11-8-9(14)12-3-5-13(6-4-12)16-10-2-1-7-15-10/h1-2,7H,3-6,8H2. The topological polar surface area (TPSA) is 23.6 Å². The Bertz CT molecular complexity index is 337. The molecule has 88 valence electrons. The molecule has 1 aromatic heterocycles. The lowest BCUT2D eigenvalue weighted by Crippen LogP contribution is -2.46. The van der Waals surface area contributed by atoms with Gasteiger partial charge in [-0.2, -0.15) is 0 Å². The summed E-state index contributed by atoms with van der Waals surface area (Å²) in [6.45, 7) is 3.38. The lowest BCUT2D eigenvalue weighted by Gasteiger charge is -2.33. The molecule has 1 aliphatic heterocycles. The molecule has 1 amide bonds. The van der Waals surface area contributed by atoms with Crippen molar-refractivity contribution >= 4 is 40.8 Å². The molecule has 1 fully saturated rings. The van der Waals surface area contributed by atoms with Gasteiger partial charge in [-0.3, -0.25) is 4.79 Å². The van der Waals surface area contributed by atoms with E-state index < -0.39 is 0 Å². The first-order chi connectivity index (χ1) is 7.79. The molecule has 0 bridgehead atoms. The SMILES string of the molecule is O=C(CCl)N1CCN(Sc2cccs2)CC1. The highest BCUT2D eigenvalue weighted by Gasteiger charge is 2.20. The molecule has 0 atom stereocenters. The zero-order valence-corrected chi connectivity index (χ0v) is 11.2. The van der Waals surface area contributed by atoms with Crippen LogP contribution in [0.4, 0.5) is 0 Å². The Balaban J connectivity index is 1.79. The number of halogens is 1. The van der Waals surface area contributed by atoms with E-state index in [0.29, 0.717) is 0 Å². The van der Waals surface area contributed by atoms with E-state index in [9.17, 15) is 4.79 Å². The zero-order chi connectivity index (χ0) is 11.4. The van der Waals surface area contributed by atoms with Crippen LogP contribution in [-0.4, -0.2) is 47.2 Å². The molecule has 2 heterocycles. The fraction of sp³-hybridized carbons (Fsp3) is 0.500. The van der Waals surface area contributed by atoms with Crippen molar-refractivity contribution in [3.05, 3.63) is 17.5 Å². The number of carbonyl (C=O) groups is 1. The van der Waals surface area contributed by atoms with Gasteiger partial charge in [-0.15, -0.1) is 22.9 Å². The van der Waals surface area contributed by atoms with Crippen molar-refractivity contribution in [2.24, 2.45) is 0 Å². The van der Waals surface area contributed by atoms with Crippen LogP contribution in [0.1, 0.15) is 0 Å². The molecule has 1 saturated heterocycles. The van der Waals surface area contributed by atoms with E-state index in [-0.39, 0.29) is 11.8 Å². The van der Waals surface area contributed by atoms with Gasteiger partial charge in [0.1, 0.15) is 5.88 Å². The van der Waals surface area contributed by atoms with Crippen molar-refractivity contribution in [2.45, 2.75) is 4.21 Å². The number of thiophene rings is 1. The summed E-state index contributed by atoms with van der Waals surface area (Å²) in [5.74, 6) is 0.139. The Labute approximate surface area is 108 Å². The third kappa shape index (κ3) is 3.13. The highest BCUT2D eigenvalue weighted by molar-refractivity contribution is 7.98. The number of piperazine rings is 1. The number of hydrogen-bond donors (Lipinski definition) is 0. The predicted octanol–water partition coefficient (Wildman–Crippen LogP) is 2.14. The second-order valence-electron chi connectivity index (χ2n) is 3.47. The fourth-order valence-electron chi connectivity index (χ4n) is 1.56. The third-order valence-corrected chi connectivity index (χ3v) is 4.76. The summed E-state index contributed by atoms with van der Waals surface area (Å²) in [4.78, 5) is 13.2. The molecule has 2 rings (SSSR count). The van der Waals surface area contributed by atoms with Gasteiger partial charge in [0.15, 0.2) is 0 Å². The normalized spacial score (nSPS) is 17.7. The maximum absolute atomic E-state index is 11.4. The van der Waals surface area contributed by atoms with Gasteiger partial charge in [0.25, 0.3) is 0 Å². The van der Waals surface area contributed by atoms with Gasteiger partial charge in [-0.25, -0.2) is 4.31 Å². The van der Waals surface area contributed by atoms with Crippen molar-refractivity contribution < 1.29 is 4.79 Å². The van der Waals surface area contributed by atoms with Crippen LogP contribution in [0.25, 0.3) is 0 Å².